The van der Waals surface area contributed by atoms with Crippen molar-refractivity contribution in [3.05, 3.63) is 74.8 Å². The molecule has 0 aliphatic carbocycles. The molecule has 0 amide bonds. The van der Waals surface area contributed by atoms with Crippen LogP contribution in [0.4, 0.5) is 9.39 Å². The largest absolute Gasteiger partial charge is 0.478 e. The Morgan fingerprint density at radius 2 is 1.85 bits per heavy atom. The molecule has 0 bridgehead atoms. The molecular weight excluding hydrogens is 400 g/mol. The van der Waals surface area contributed by atoms with Gasteiger partial charge in [-0.25, -0.2) is 9.18 Å². The standard InChI is InChI=1S/C18H12Cl2FNO3S/c19-11-7-6-10(8-12(11)21)13-14(18(24)25)17(26-15(13)20)22-16(23)9-4-2-1-3-5-9/h1-8,16,22-23H,(H,24,25). The van der Waals surface area contributed by atoms with Crippen LogP contribution < -0.4 is 5.32 Å². The molecule has 26 heavy (non-hydrogen) atoms. The Morgan fingerprint density at radius 3 is 2.46 bits per heavy atom. The Bertz CT molecular complexity index is 963. The van der Waals surface area contributed by atoms with E-state index in [-0.39, 0.29) is 31.1 Å². The maximum Gasteiger partial charge on any atom is 0.339 e. The van der Waals surface area contributed by atoms with Gasteiger partial charge in [-0.05, 0) is 17.7 Å². The molecule has 4 nitrogen and oxygen atoms in total. The second-order valence-corrected chi connectivity index (χ2v) is 7.38. The Kier molecular flexibility index (Phi) is 5.48. The molecule has 0 radical (unpaired) electrons. The molecule has 8 heteroatoms. The smallest absolute Gasteiger partial charge is 0.339 e. The third-order valence-electron chi connectivity index (χ3n) is 3.67. The van der Waals surface area contributed by atoms with E-state index in [1.54, 1.807) is 30.3 Å². The molecule has 3 N–H and O–H groups in total. The van der Waals surface area contributed by atoms with Gasteiger partial charge in [-0.1, -0.05) is 59.6 Å². The van der Waals surface area contributed by atoms with Gasteiger partial charge >= 0.3 is 5.97 Å². The molecule has 0 aliphatic heterocycles. The van der Waals surface area contributed by atoms with Crippen molar-refractivity contribution in [2.45, 2.75) is 6.23 Å². The van der Waals surface area contributed by atoms with E-state index in [1.807, 2.05) is 0 Å². The highest BCUT2D eigenvalue weighted by Crippen LogP contribution is 2.44. The number of hydrogen-bond acceptors (Lipinski definition) is 4. The fourth-order valence-electron chi connectivity index (χ4n) is 2.46. The predicted octanol–water partition coefficient (Wildman–Crippen LogP) is 5.66. The van der Waals surface area contributed by atoms with Gasteiger partial charge in [0.15, 0.2) is 6.23 Å². The number of aliphatic hydroxyl groups excluding tert-OH is 1. The van der Waals surface area contributed by atoms with Crippen LogP contribution in [0.25, 0.3) is 11.1 Å². The van der Waals surface area contributed by atoms with Crippen LogP contribution in [-0.2, 0) is 0 Å². The third kappa shape index (κ3) is 3.68. The highest BCUT2D eigenvalue weighted by atomic mass is 35.5. The molecule has 1 atom stereocenters. The van der Waals surface area contributed by atoms with E-state index in [0.29, 0.717) is 5.56 Å². The molecule has 1 heterocycles. The number of halogens is 3. The lowest BCUT2D eigenvalue weighted by molar-refractivity contribution is 0.0699. The van der Waals surface area contributed by atoms with Crippen LogP contribution in [0.1, 0.15) is 22.1 Å². The topological polar surface area (TPSA) is 69.6 Å². The number of thiophene rings is 1. The van der Waals surface area contributed by atoms with Gasteiger partial charge in [0, 0.05) is 11.1 Å². The SMILES string of the molecule is O=C(O)c1c(NC(O)c2ccccc2)sc(Cl)c1-c1ccc(Cl)c(F)c1. The van der Waals surface area contributed by atoms with Crippen molar-refractivity contribution in [3.8, 4) is 11.1 Å². The summed E-state index contributed by atoms with van der Waals surface area (Å²) >= 11 is 12.9. The van der Waals surface area contributed by atoms with E-state index < -0.39 is 18.0 Å². The van der Waals surface area contributed by atoms with Crippen LogP contribution in [0.5, 0.6) is 0 Å². The maximum absolute atomic E-state index is 13.8. The second kappa shape index (κ2) is 7.63. The Labute approximate surface area is 162 Å². The number of carboxylic acids is 1. The third-order valence-corrected chi connectivity index (χ3v) is 5.31. The summed E-state index contributed by atoms with van der Waals surface area (Å²) in [5.74, 6) is -1.93. The van der Waals surface area contributed by atoms with Crippen molar-refractivity contribution in [1.82, 2.24) is 0 Å². The van der Waals surface area contributed by atoms with Crippen LogP contribution >= 0.6 is 34.5 Å². The van der Waals surface area contributed by atoms with Crippen LogP contribution in [0.15, 0.2) is 48.5 Å². The van der Waals surface area contributed by atoms with Crippen LogP contribution in [0.2, 0.25) is 9.36 Å². The van der Waals surface area contributed by atoms with Gasteiger partial charge in [-0.15, -0.1) is 11.3 Å². The Hall–Kier alpha value is -2.12. The lowest BCUT2D eigenvalue weighted by Crippen LogP contribution is -2.11. The number of hydrogen-bond donors (Lipinski definition) is 3. The summed E-state index contributed by atoms with van der Waals surface area (Å²) in [5.41, 5.74) is 0.874. The normalized spacial score (nSPS) is 12.0. The van der Waals surface area contributed by atoms with Gasteiger partial charge in [-0.2, -0.15) is 0 Å². The summed E-state index contributed by atoms with van der Waals surface area (Å²) < 4.78 is 14.0. The first-order valence-corrected chi connectivity index (χ1v) is 8.96. The number of benzene rings is 2. The van der Waals surface area contributed by atoms with E-state index >= 15 is 0 Å². The Balaban J connectivity index is 2.05. The summed E-state index contributed by atoms with van der Waals surface area (Å²) in [5, 5.41) is 22.8. The number of carbonyl (C=O) groups is 1. The summed E-state index contributed by atoms with van der Waals surface area (Å²) in [7, 11) is 0. The maximum atomic E-state index is 13.8. The lowest BCUT2D eigenvalue weighted by atomic mass is 10.0. The molecule has 1 aromatic heterocycles. The van der Waals surface area contributed by atoms with E-state index in [9.17, 15) is 19.4 Å². The van der Waals surface area contributed by atoms with E-state index in [4.69, 9.17) is 23.2 Å². The van der Waals surface area contributed by atoms with E-state index in [1.165, 1.54) is 12.1 Å². The second-order valence-electron chi connectivity index (χ2n) is 5.35. The number of anilines is 1. The first-order valence-electron chi connectivity index (χ1n) is 7.39. The van der Waals surface area contributed by atoms with Gasteiger partial charge in [0.1, 0.15) is 20.7 Å². The first kappa shape index (κ1) is 18.7. The fraction of sp³-hybridized carbons (Fsp3) is 0.0556. The zero-order chi connectivity index (χ0) is 18.8. The van der Waals surface area contributed by atoms with Crippen molar-refractivity contribution >= 4 is 45.5 Å². The highest BCUT2D eigenvalue weighted by Gasteiger charge is 2.26. The highest BCUT2D eigenvalue weighted by molar-refractivity contribution is 7.21. The number of aliphatic hydroxyl groups is 1. The Morgan fingerprint density at radius 1 is 1.15 bits per heavy atom. The molecule has 3 aromatic rings. The summed E-state index contributed by atoms with van der Waals surface area (Å²) in [6, 6.07) is 12.6. The van der Waals surface area contributed by atoms with Gasteiger partial charge < -0.3 is 15.5 Å². The van der Waals surface area contributed by atoms with Crippen LogP contribution in [0, 0.1) is 5.82 Å². The molecular formula is C18H12Cl2FNO3S. The average Bonchev–Trinajstić information content (AvgIpc) is 2.94. The number of aromatic carboxylic acids is 1. The number of carboxylic acid groups (broad SMARTS) is 1. The zero-order valence-corrected chi connectivity index (χ0v) is 15.4. The number of nitrogens with one attached hydrogen (secondary N) is 1. The van der Waals surface area contributed by atoms with Crippen molar-refractivity contribution in [2.24, 2.45) is 0 Å². The monoisotopic (exact) mass is 411 g/mol. The number of rotatable bonds is 5. The van der Waals surface area contributed by atoms with Gasteiger partial charge in [0.2, 0.25) is 0 Å². The molecule has 1 unspecified atom stereocenters. The van der Waals surface area contributed by atoms with Crippen molar-refractivity contribution in [2.75, 3.05) is 5.32 Å². The summed E-state index contributed by atoms with van der Waals surface area (Å²) in [6.07, 6.45) is -1.13. The predicted molar refractivity (Wildman–Crippen MR) is 102 cm³/mol. The molecule has 0 saturated carbocycles. The minimum Gasteiger partial charge on any atom is -0.478 e. The molecule has 134 valence electrons. The minimum absolute atomic E-state index is 0.0742. The van der Waals surface area contributed by atoms with E-state index in [2.05, 4.69) is 5.32 Å². The molecule has 2 aromatic carbocycles. The summed E-state index contributed by atoms with van der Waals surface area (Å²) in [4.78, 5) is 11.8. The molecule has 0 fully saturated rings. The fourth-order valence-corrected chi connectivity index (χ4v) is 3.98. The van der Waals surface area contributed by atoms with Crippen molar-refractivity contribution in [3.63, 3.8) is 0 Å². The summed E-state index contributed by atoms with van der Waals surface area (Å²) in [6.45, 7) is 0. The van der Waals surface area contributed by atoms with E-state index in [0.717, 1.165) is 17.4 Å². The van der Waals surface area contributed by atoms with Gasteiger partial charge in [-0.3, -0.25) is 0 Å². The first-order chi connectivity index (χ1) is 12.4. The molecule has 0 aliphatic rings. The average molecular weight is 412 g/mol. The van der Waals surface area contributed by atoms with Crippen molar-refractivity contribution < 1.29 is 19.4 Å². The van der Waals surface area contributed by atoms with Gasteiger partial charge in [0.05, 0.1) is 5.02 Å². The van der Waals surface area contributed by atoms with Crippen molar-refractivity contribution in [1.29, 1.82) is 0 Å². The van der Waals surface area contributed by atoms with Crippen LogP contribution in [0.3, 0.4) is 0 Å². The zero-order valence-electron chi connectivity index (χ0n) is 13.0. The van der Waals surface area contributed by atoms with Gasteiger partial charge in [0.25, 0.3) is 0 Å². The molecule has 0 saturated heterocycles. The molecule has 0 spiro atoms. The quantitative estimate of drug-likeness (QED) is 0.473. The molecule has 3 rings (SSSR count). The van der Waals surface area contributed by atoms with Crippen LogP contribution in [-0.4, -0.2) is 16.2 Å². The lowest BCUT2D eigenvalue weighted by Gasteiger charge is -2.14. The minimum atomic E-state index is -1.25.